The Kier molecular flexibility index (Phi) is 5.29. The van der Waals surface area contributed by atoms with Gasteiger partial charge in [0.2, 0.25) is 0 Å². The summed E-state index contributed by atoms with van der Waals surface area (Å²) in [5.41, 5.74) is -0.473. The van der Waals surface area contributed by atoms with Gasteiger partial charge < -0.3 is 13.9 Å². The summed E-state index contributed by atoms with van der Waals surface area (Å²) in [4.78, 5) is 0. The van der Waals surface area contributed by atoms with Crippen molar-refractivity contribution in [3.8, 4) is 0 Å². The molecule has 0 heterocycles. The second kappa shape index (κ2) is 5.26. The molecule has 3 nitrogen and oxygen atoms in total. The molecule has 0 aliphatic rings. The Morgan fingerprint density at radius 2 is 1.21 bits per heavy atom. The van der Waals surface area contributed by atoms with Crippen LogP contribution in [-0.4, -0.2) is 27.4 Å². The van der Waals surface area contributed by atoms with Crippen LogP contribution >= 0.6 is 0 Å². The molecule has 14 heavy (non-hydrogen) atoms. The summed E-state index contributed by atoms with van der Waals surface area (Å²) in [6.45, 7) is 13.5. The zero-order valence-corrected chi connectivity index (χ0v) is 11.9. The molecule has 0 rings (SSSR count). The zero-order valence-electron chi connectivity index (χ0n) is 10.5. The van der Waals surface area contributed by atoms with E-state index in [-0.39, 0.29) is 11.2 Å². The predicted molar refractivity (Wildman–Crippen MR) is 61.0 cm³/mol. The molecule has 0 saturated carbocycles. The van der Waals surface area contributed by atoms with Gasteiger partial charge in [0.05, 0.1) is 11.2 Å². The van der Waals surface area contributed by atoms with E-state index in [1.165, 1.54) is 0 Å². The summed E-state index contributed by atoms with van der Waals surface area (Å²) in [5.74, 6) is 0. The van der Waals surface area contributed by atoms with Crippen molar-refractivity contribution in [3.05, 3.63) is 0 Å². The lowest BCUT2D eigenvalue weighted by atomic mass is 10.2. The van der Waals surface area contributed by atoms with Crippen molar-refractivity contribution in [2.24, 2.45) is 0 Å². The molecule has 0 aromatic heterocycles. The predicted octanol–water partition coefficient (Wildman–Crippen LogP) is 2.05. The summed E-state index contributed by atoms with van der Waals surface area (Å²) in [7, 11) is -0.521. The summed E-state index contributed by atoms with van der Waals surface area (Å²) in [6, 6.07) is 0. The van der Waals surface area contributed by atoms with Crippen molar-refractivity contribution in [2.75, 3.05) is 0 Å². The molecular weight excluding hydrogens is 196 g/mol. The molecule has 0 amide bonds. The van der Waals surface area contributed by atoms with Gasteiger partial charge in [-0.3, -0.25) is 0 Å². The fourth-order valence-electron chi connectivity index (χ4n) is 0.806. The Bertz CT molecular complexity index is 142. The highest BCUT2D eigenvalue weighted by atomic mass is 28.2. The van der Waals surface area contributed by atoms with Crippen LogP contribution in [0.25, 0.3) is 0 Å². The third kappa shape index (κ3) is 8.68. The van der Waals surface area contributed by atoms with Crippen molar-refractivity contribution in [3.63, 3.8) is 0 Å². The van der Waals surface area contributed by atoms with Gasteiger partial charge in [-0.25, -0.2) is 0 Å². The lowest BCUT2D eigenvalue weighted by molar-refractivity contribution is -0.314. The first-order chi connectivity index (χ1) is 6.14. The minimum Gasteiger partial charge on any atom is -0.379 e. The molecule has 0 aliphatic heterocycles. The van der Waals surface area contributed by atoms with Gasteiger partial charge in [0, 0.05) is 0 Å². The summed E-state index contributed by atoms with van der Waals surface area (Å²) < 4.78 is 16.8. The first-order valence-corrected chi connectivity index (χ1v) is 7.10. The molecule has 0 radical (unpaired) electrons. The van der Waals surface area contributed by atoms with Gasteiger partial charge in [0.15, 0.2) is 9.76 Å². The molecule has 0 N–H and O–H groups in total. The first-order valence-electron chi connectivity index (χ1n) is 5.11. The summed E-state index contributed by atoms with van der Waals surface area (Å²) in [6.07, 6.45) is 0. The van der Waals surface area contributed by atoms with Crippen LogP contribution in [0.2, 0.25) is 6.55 Å². The summed E-state index contributed by atoms with van der Waals surface area (Å²) >= 11 is 0. The quantitative estimate of drug-likeness (QED) is 0.536. The summed E-state index contributed by atoms with van der Waals surface area (Å²) in [5, 5.41) is 0. The van der Waals surface area contributed by atoms with Crippen LogP contribution in [0.15, 0.2) is 0 Å². The van der Waals surface area contributed by atoms with Gasteiger partial charge in [-0.2, -0.15) is 0 Å². The molecule has 0 unspecified atom stereocenters. The maximum Gasteiger partial charge on any atom is 0.262 e. The molecule has 0 aliphatic carbocycles. The molecule has 0 fully saturated rings. The Morgan fingerprint density at radius 1 is 0.857 bits per heavy atom. The largest absolute Gasteiger partial charge is 0.379 e. The van der Waals surface area contributed by atoms with Gasteiger partial charge in [-0.05, 0) is 41.5 Å². The van der Waals surface area contributed by atoms with Crippen LogP contribution in [0.3, 0.4) is 0 Å². The Morgan fingerprint density at radius 3 is 1.43 bits per heavy atom. The fourth-order valence-corrected chi connectivity index (χ4v) is 1.21. The maximum atomic E-state index is 5.64. The van der Waals surface area contributed by atoms with E-state index in [0.717, 1.165) is 0 Å². The van der Waals surface area contributed by atoms with Gasteiger partial charge in [-0.1, -0.05) is 6.55 Å². The zero-order chi connectivity index (χ0) is 11.4. The Labute approximate surface area is 90.1 Å². The van der Waals surface area contributed by atoms with Crippen molar-refractivity contribution in [1.29, 1.82) is 0 Å². The standard InChI is InChI=1S/C10H24O3Si/c1-9(2,3)11-8(13-14-7)12-10(4,5)6/h8H,14H2,1-7H3. The molecule has 0 aromatic rings. The molecule has 0 aromatic carbocycles. The highest BCUT2D eigenvalue weighted by Gasteiger charge is 2.24. The van der Waals surface area contributed by atoms with E-state index < -0.39 is 16.2 Å². The topological polar surface area (TPSA) is 27.7 Å². The van der Waals surface area contributed by atoms with Gasteiger partial charge in [0.1, 0.15) is 0 Å². The van der Waals surface area contributed by atoms with Crippen LogP contribution in [0, 0.1) is 0 Å². The normalized spacial score (nSPS) is 14.6. The SMILES string of the molecule is C[SiH2]OC(OC(C)(C)C)OC(C)(C)C. The Hall–Kier alpha value is 0.0969. The highest BCUT2D eigenvalue weighted by Crippen LogP contribution is 2.18. The monoisotopic (exact) mass is 220 g/mol. The lowest BCUT2D eigenvalue weighted by Crippen LogP contribution is -2.37. The second-order valence-electron chi connectivity index (χ2n) is 5.20. The average molecular weight is 220 g/mol. The van der Waals surface area contributed by atoms with Gasteiger partial charge in [0.25, 0.3) is 6.48 Å². The minimum atomic E-state index is -0.522. The van der Waals surface area contributed by atoms with E-state index in [2.05, 4.69) is 6.55 Å². The van der Waals surface area contributed by atoms with E-state index in [9.17, 15) is 0 Å². The van der Waals surface area contributed by atoms with Crippen molar-refractivity contribution in [1.82, 2.24) is 0 Å². The molecule has 0 atom stereocenters. The second-order valence-corrected chi connectivity index (χ2v) is 6.12. The van der Waals surface area contributed by atoms with Crippen LogP contribution in [0.5, 0.6) is 0 Å². The smallest absolute Gasteiger partial charge is 0.262 e. The van der Waals surface area contributed by atoms with Crippen LogP contribution in [-0.2, 0) is 13.9 Å². The third-order valence-corrected chi connectivity index (χ3v) is 1.81. The van der Waals surface area contributed by atoms with Crippen molar-refractivity contribution >= 4 is 9.76 Å². The fraction of sp³-hybridized carbons (Fsp3) is 1.00. The van der Waals surface area contributed by atoms with E-state index in [4.69, 9.17) is 13.9 Å². The molecule has 4 heteroatoms. The van der Waals surface area contributed by atoms with E-state index in [0.29, 0.717) is 0 Å². The molecule has 0 bridgehead atoms. The maximum absolute atomic E-state index is 5.64. The lowest BCUT2D eigenvalue weighted by Gasteiger charge is -2.32. The number of rotatable bonds is 4. The number of hydrogen-bond acceptors (Lipinski definition) is 3. The minimum absolute atomic E-state index is 0.237. The number of ether oxygens (including phenoxy) is 2. The van der Waals surface area contributed by atoms with Crippen LogP contribution in [0.4, 0.5) is 0 Å². The molecule has 0 saturated heterocycles. The van der Waals surface area contributed by atoms with Gasteiger partial charge >= 0.3 is 0 Å². The van der Waals surface area contributed by atoms with Crippen molar-refractivity contribution < 1.29 is 13.9 Å². The molecule has 86 valence electrons. The van der Waals surface area contributed by atoms with Crippen molar-refractivity contribution in [2.45, 2.75) is 65.8 Å². The van der Waals surface area contributed by atoms with E-state index in [1.807, 2.05) is 41.5 Å². The van der Waals surface area contributed by atoms with Crippen LogP contribution < -0.4 is 0 Å². The number of hydrogen-bond donors (Lipinski definition) is 0. The molecule has 0 spiro atoms. The van der Waals surface area contributed by atoms with E-state index >= 15 is 0 Å². The Balaban J connectivity index is 4.16. The molecular formula is C10H24O3Si. The average Bonchev–Trinajstić information content (AvgIpc) is 1.78. The van der Waals surface area contributed by atoms with Gasteiger partial charge in [-0.15, -0.1) is 0 Å². The highest BCUT2D eigenvalue weighted by molar-refractivity contribution is 6.24. The third-order valence-electron chi connectivity index (χ3n) is 1.20. The van der Waals surface area contributed by atoms with Crippen LogP contribution in [0.1, 0.15) is 41.5 Å². The first kappa shape index (κ1) is 14.1. The van der Waals surface area contributed by atoms with E-state index in [1.54, 1.807) is 0 Å².